The van der Waals surface area contributed by atoms with E-state index in [1.54, 1.807) is 11.9 Å². The molecule has 1 aromatic rings. The maximum Gasteiger partial charge on any atom is 0.209 e. The number of likely N-dealkylation sites (N-methyl/N-ethyl adjacent to an activating group) is 1. The average molecular weight is 193 g/mol. The van der Waals surface area contributed by atoms with E-state index in [0.717, 1.165) is 12.2 Å². The molecule has 0 aliphatic rings. The molecule has 0 saturated carbocycles. The van der Waals surface area contributed by atoms with Crippen molar-refractivity contribution in [3.63, 3.8) is 0 Å². The molecule has 3 nitrogen and oxygen atoms in total. The Hall–Kier alpha value is -1.51. The van der Waals surface area contributed by atoms with Crippen LogP contribution in [0.25, 0.3) is 0 Å². The third kappa shape index (κ3) is 3.47. The van der Waals surface area contributed by atoms with E-state index in [-0.39, 0.29) is 0 Å². The van der Waals surface area contributed by atoms with Crippen LogP contribution in [-0.4, -0.2) is 31.5 Å². The van der Waals surface area contributed by atoms with Crippen LogP contribution in [0.4, 0.5) is 0 Å². The lowest BCUT2D eigenvalue weighted by molar-refractivity contribution is -0.117. The number of benzene rings is 1. The molecule has 0 spiro atoms. The molecular weight excluding hydrogens is 178 g/mol. The van der Waals surface area contributed by atoms with E-state index in [1.807, 2.05) is 31.2 Å². The van der Waals surface area contributed by atoms with Crippen molar-refractivity contribution in [2.45, 2.75) is 6.92 Å². The number of amides is 1. The predicted molar refractivity (Wildman–Crippen MR) is 55.4 cm³/mol. The third-order valence-corrected chi connectivity index (χ3v) is 1.88. The quantitative estimate of drug-likeness (QED) is 0.663. The highest BCUT2D eigenvalue weighted by atomic mass is 16.5. The van der Waals surface area contributed by atoms with Gasteiger partial charge in [-0.25, -0.2) is 0 Å². The Morgan fingerprint density at radius 1 is 1.50 bits per heavy atom. The first-order chi connectivity index (χ1) is 6.72. The monoisotopic (exact) mass is 193 g/mol. The van der Waals surface area contributed by atoms with Crippen LogP contribution in [0.5, 0.6) is 5.75 Å². The van der Waals surface area contributed by atoms with Gasteiger partial charge in [0.25, 0.3) is 0 Å². The van der Waals surface area contributed by atoms with Gasteiger partial charge in [-0.05, 0) is 24.6 Å². The molecule has 1 rings (SSSR count). The Balaban J connectivity index is 2.34. The molecular formula is C11H15NO2. The van der Waals surface area contributed by atoms with E-state index >= 15 is 0 Å². The molecule has 0 atom stereocenters. The van der Waals surface area contributed by atoms with Crippen LogP contribution in [-0.2, 0) is 4.79 Å². The second-order valence-corrected chi connectivity index (χ2v) is 3.25. The van der Waals surface area contributed by atoms with Gasteiger partial charge in [-0.15, -0.1) is 0 Å². The van der Waals surface area contributed by atoms with Crippen molar-refractivity contribution < 1.29 is 9.53 Å². The van der Waals surface area contributed by atoms with Crippen molar-refractivity contribution >= 4 is 6.41 Å². The van der Waals surface area contributed by atoms with Gasteiger partial charge < -0.3 is 9.64 Å². The summed E-state index contributed by atoms with van der Waals surface area (Å²) in [6.45, 7) is 3.15. The maximum absolute atomic E-state index is 10.3. The SMILES string of the molecule is Cc1cccc(OCCN(C)C=O)c1. The van der Waals surface area contributed by atoms with Crippen LogP contribution in [0.3, 0.4) is 0 Å². The molecule has 0 radical (unpaired) electrons. The summed E-state index contributed by atoms with van der Waals surface area (Å²) in [7, 11) is 1.73. The van der Waals surface area contributed by atoms with Gasteiger partial charge in [0.05, 0.1) is 6.54 Å². The summed E-state index contributed by atoms with van der Waals surface area (Å²) in [6, 6.07) is 7.85. The van der Waals surface area contributed by atoms with E-state index in [0.29, 0.717) is 13.2 Å². The highest BCUT2D eigenvalue weighted by molar-refractivity contribution is 5.46. The van der Waals surface area contributed by atoms with E-state index in [4.69, 9.17) is 4.74 Å². The van der Waals surface area contributed by atoms with Crippen molar-refractivity contribution in [3.8, 4) is 5.75 Å². The first-order valence-electron chi connectivity index (χ1n) is 4.57. The standard InChI is InChI=1S/C11H15NO2/c1-10-4-3-5-11(8-10)14-7-6-12(2)9-13/h3-5,8-9H,6-7H2,1-2H3. The van der Waals surface area contributed by atoms with Crippen LogP contribution >= 0.6 is 0 Å². The van der Waals surface area contributed by atoms with E-state index < -0.39 is 0 Å². The summed E-state index contributed by atoms with van der Waals surface area (Å²) in [4.78, 5) is 11.8. The number of hydrogen-bond acceptors (Lipinski definition) is 2. The first-order valence-corrected chi connectivity index (χ1v) is 4.57. The molecule has 0 aliphatic carbocycles. The molecule has 0 unspecified atom stereocenters. The zero-order valence-electron chi connectivity index (χ0n) is 8.56. The lowest BCUT2D eigenvalue weighted by Crippen LogP contribution is -2.22. The van der Waals surface area contributed by atoms with Crippen LogP contribution in [0, 0.1) is 6.92 Å². The number of aryl methyl sites for hydroxylation is 1. The van der Waals surface area contributed by atoms with Crippen molar-refractivity contribution in [1.82, 2.24) is 4.90 Å². The maximum atomic E-state index is 10.3. The first kappa shape index (κ1) is 10.6. The van der Waals surface area contributed by atoms with Gasteiger partial charge in [-0.2, -0.15) is 0 Å². The molecule has 0 aromatic heterocycles. The number of hydrogen-bond donors (Lipinski definition) is 0. The predicted octanol–water partition coefficient (Wildman–Crippen LogP) is 1.46. The Labute approximate surface area is 84.3 Å². The fourth-order valence-electron chi connectivity index (χ4n) is 1.07. The lowest BCUT2D eigenvalue weighted by Gasteiger charge is -2.11. The molecule has 0 N–H and O–H groups in total. The number of nitrogens with zero attached hydrogens (tertiary/aromatic N) is 1. The van der Waals surface area contributed by atoms with E-state index in [9.17, 15) is 4.79 Å². The molecule has 14 heavy (non-hydrogen) atoms. The minimum Gasteiger partial charge on any atom is -0.492 e. The Kier molecular flexibility index (Phi) is 3.98. The van der Waals surface area contributed by atoms with Crippen LogP contribution in [0.1, 0.15) is 5.56 Å². The van der Waals surface area contributed by atoms with Crippen molar-refractivity contribution in [1.29, 1.82) is 0 Å². The number of carbonyl (C=O) groups excluding carboxylic acids is 1. The summed E-state index contributed by atoms with van der Waals surface area (Å²) in [5, 5.41) is 0. The highest BCUT2D eigenvalue weighted by Crippen LogP contribution is 2.11. The Morgan fingerprint density at radius 3 is 2.93 bits per heavy atom. The number of rotatable bonds is 5. The van der Waals surface area contributed by atoms with Crippen molar-refractivity contribution in [2.24, 2.45) is 0 Å². The lowest BCUT2D eigenvalue weighted by atomic mass is 10.2. The molecule has 0 saturated heterocycles. The van der Waals surface area contributed by atoms with Gasteiger partial charge in [0.2, 0.25) is 6.41 Å². The normalized spacial score (nSPS) is 9.57. The summed E-state index contributed by atoms with van der Waals surface area (Å²) >= 11 is 0. The van der Waals surface area contributed by atoms with Crippen molar-refractivity contribution in [2.75, 3.05) is 20.2 Å². The van der Waals surface area contributed by atoms with Gasteiger partial charge in [-0.3, -0.25) is 4.79 Å². The smallest absolute Gasteiger partial charge is 0.209 e. The van der Waals surface area contributed by atoms with E-state index in [2.05, 4.69) is 0 Å². The summed E-state index contributed by atoms with van der Waals surface area (Å²) < 4.78 is 5.46. The minimum absolute atomic E-state index is 0.526. The summed E-state index contributed by atoms with van der Waals surface area (Å²) in [5.41, 5.74) is 1.17. The average Bonchev–Trinajstić information content (AvgIpc) is 2.17. The zero-order valence-corrected chi connectivity index (χ0v) is 8.56. The molecule has 3 heteroatoms. The van der Waals surface area contributed by atoms with Crippen LogP contribution < -0.4 is 4.74 Å². The zero-order chi connectivity index (χ0) is 10.4. The van der Waals surface area contributed by atoms with Gasteiger partial charge in [-0.1, -0.05) is 12.1 Å². The van der Waals surface area contributed by atoms with Gasteiger partial charge in [0, 0.05) is 7.05 Å². The van der Waals surface area contributed by atoms with Gasteiger partial charge in [0.1, 0.15) is 12.4 Å². The van der Waals surface area contributed by atoms with E-state index in [1.165, 1.54) is 5.56 Å². The van der Waals surface area contributed by atoms with Gasteiger partial charge in [0.15, 0.2) is 0 Å². The largest absolute Gasteiger partial charge is 0.492 e. The highest BCUT2D eigenvalue weighted by Gasteiger charge is 1.95. The van der Waals surface area contributed by atoms with Crippen LogP contribution in [0.2, 0.25) is 0 Å². The van der Waals surface area contributed by atoms with Gasteiger partial charge >= 0.3 is 0 Å². The second-order valence-electron chi connectivity index (χ2n) is 3.25. The third-order valence-electron chi connectivity index (χ3n) is 1.88. The second kappa shape index (κ2) is 5.27. The minimum atomic E-state index is 0.526. The Morgan fingerprint density at radius 2 is 2.29 bits per heavy atom. The molecule has 0 fully saturated rings. The molecule has 0 aliphatic heterocycles. The Bertz CT molecular complexity index is 299. The van der Waals surface area contributed by atoms with Crippen LogP contribution in [0.15, 0.2) is 24.3 Å². The number of ether oxygens (including phenoxy) is 1. The number of carbonyl (C=O) groups is 1. The fraction of sp³-hybridized carbons (Fsp3) is 0.364. The molecule has 1 amide bonds. The molecule has 1 aromatic carbocycles. The molecule has 76 valence electrons. The fourth-order valence-corrected chi connectivity index (χ4v) is 1.07. The molecule has 0 bridgehead atoms. The topological polar surface area (TPSA) is 29.5 Å². The van der Waals surface area contributed by atoms with Crippen molar-refractivity contribution in [3.05, 3.63) is 29.8 Å². The summed E-state index contributed by atoms with van der Waals surface area (Å²) in [5.74, 6) is 0.851. The molecule has 0 heterocycles. The summed E-state index contributed by atoms with van der Waals surface area (Å²) in [6.07, 6.45) is 0.791.